The van der Waals surface area contributed by atoms with Gasteiger partial charge in [0.1, 0.15) is 17.3 Å². The summed E-state index contributed by atoms with van der Waals surface area (Å²) in [7, 11) is -3.75. The predicted molar refractivity (Wildman–Crippen MR) is 96.5 cm³/mol. The molecule has 2 aromatic heterocycles. The maximum absolute atomic E-state index is 12.4. The molecule has 0 atom stereocenters. The van der Waals surface area contributed by atoms with Crippen LogP contribution in [0.2, 0.25) is 0 Å². The van der Waals surface area contributed by atoms with Crippen molar-refractivity contribution in [2.24, 2.45) is 0 Å². The van der Waals surface area contributed by atoms with Crippen LogP contribution >= 0.6 is 0 Å². The molecule has 3 rings (SSSR count). The summed E-state index contributed by atoms with van der Waals surface area (Å²) >= 11 is 0. The summed E-state index contributed by atoms with van der Waals surface area (Å²) in [5.74, 6) is 2.00. The molecule has 1 aromatic carbocycles. The number of anilines is 2. The molecule has 2 N–H and O–H groups in total. The van der Waals surface area contributed by atoms with Crippen LogP contribution in [0.1, 0.15) is 12.7 Å². The van der Waals surface area contributed by atoms with Crippen molar-refractivity contribution >= 4 is 21.7 Å². The van der Waals surface area contributed by atoms with Crippen molar-refractivity contribution in [3.8, 4) is 5.75 Å². The van der Waals surface area contributed by atoms with Crippen molar-refractivity contribution in [2.45, 2.75) is 18.4 Å². The first kappa shape index (κ1) is 17.7. The van der Waals surface area contributed by atoms with Gasteiger partial charge in [-0.15, -0.1) is 10.2 Å². The number of hydrogen-bond acceptors (Lipinski definition) is 7. The Hall–Kier alpha value is -3.07. The number of nitrogens with one attached hydrogen (secondary N) is 2. The van der Waals surface area contributed by atoms with E-state index in [4.69, 9.17) is 9.15 Å². The summed E-state index contributed by atoms with van der Waals surface area (Å²) in [5, 5.41) is 10.9. The zero-order chi connectivity index (χ0) is 18.4. The fourth-order valence-corrected chi connectivity index (χ4v) is 3.15. The number of ether oxygens (including phenoxy) is 1. The summed E-state index contributed by atoms with van der Waals surface area (Å²) in [6.45, 7) is 2.83. The third-order valence-corrected chi connectivity index (χ3v) is 4.74. The minimum Gasteiger partial charge on any atom is -0.494 e. The van der Waals surface area contributed by atoms with Gasteiger partial charge >= 0.3 is 0 Å². The van der Waals surface area contributed by atoms with Crippen molar-refractivity contribution < 1.29 is 17.6 Å². The number of sulfonamides is 1. The van der Waals surface area contributed by atoms with Crippen LogP contribution in [0.15, 0.2) is 64.1 Å². The molecule has 0 spiro atoms. The fourth-order valence-electron chi connectivity index (χ4n) is 2.15. The Labute approximate surface area is 151 Å². The number of nitrogens with zero attached hydrogens (tertiary/aromatic N) is 2. The van der Waals surface area contributed by atoms with Crippen molar-refractivity contribution in [1.82, 2.24) is 10.2 Å². The van der Waals surface area contributed by atoms with E-state index in [0.29, 0.717) is 24.7 Å². The van der Waals surface area contributed by atoms with Gasteiger partial charge in [-0.1, -0.05) is 0 Å². The van der Waals surface area contributed by atoms with Gasteiger partial charge in [-0.25, -0.2) is 8.42 Å². The molecule has 136 valence electrons. The van der Waals surface area contributed by atoms with E-state index < -0.39 is 10.0 Å². The smallest absolute Gasteiger partial charge is 0.263 e. The average molecular weight is 374 g/mol. The molecule has 0 unspecified atom stereocenters. The van der Waals surface area contributed by atoms with E-state index in [-0.39, 0.29) is 10.7 Å². The monoisotopic (exact) mass is 374 g/mol. The summed E-state index contributed by atoms with van der Waals surface area (Å²) in [5.41, 5.74) is 0. The van der Waals surface area contributed by atoms with Crippen molar-refractivity contribution in [2.75, 3.05) is 16.6 Å². The van der Waals surface area contributed by atoms with Crippen LogP contribution in [0, 0.1) is 0 Å². The Kier molecular flexibility index (Phi) is 5.37. The van der Waals surface area contributed by atoms with Crippen LogP contribution in [0.5, 0.6) is 5.75 Å². The molecule has 0 saturated carbocycles. The van der Waals surface area contributed by atoms with E-state index in [2.05, 4.69) is 20.2 Å². The second-order valence-corrected chi connectivity index (χ2v) is 6.93. The molecule has 0 amide bonds. The molecule has 8 nitrogen and oxygen atoms in total. The molecule has 0 saturated heterocycles. The summed E-state index contributed by atoms with van der Waals surface area (Å²) < 4.78 is 37.7. The fraction of sp³-hybridized carbons (Fsp3) is 0.176. The maximum atomic E-state index is 12.4. The lowest BCUT2D eigenvalue weighted by Crippen LogP contribution is -2.14. The van der Waals surface area contributed by atoms with E-state index in [1.54, 1.807) is 30.5 Å². The molecular formula is C17H18N4O4S. The highest BCUT2D eigenvalue weighted by Crippen LogP contribution is 2.18. The van der Waals surface area contributed by atoms with Crippen molar-refractivity contribution in [1.29, 1.82) is 0 Å². The van der Waals surface area contributed by atoms with Crippen LogP contribution in [0.4, 0.5) is 11.6 Å². The minimum absolute atomic E-state index is 0.114. The maximum Gasteiger partial charge on any atom is 0.263 e. The molecule has 9 heteroatoms. The van der Waals surface area contributed by atoms with Gasteiger partial charge in [0.25, 0.3) is 10.0 Å². The SMILES string of the molecule is CCOc1ccc(S(=O)(=O)Nc2ccc(NCc3ccco3)nn2)cc1. The topological polar surface area (TPSA) is 106 Å². The third kappa shape index (κ3) is 4.51. The molecule has 2 heterocycles. The lowest BCUT2D eigenvalue weighted by atomic mass is 10.3. The standard InChI is InChI=1S/C17H18N4O4S/c1-2-24-13-5-7-15(8-6-13)26(22,23)21-17-10-9-16(19-20-17)18-12-14-4-3-11-25-14/h3-11H,2,12H2,1H3,(H,18,19)(H,20,21). The molecule has 0 fully saturated rings. The number of furan rings is 1. The molecule has 0 aliphatic heterocycles. The first-order valence-electron chi connectivity index (χ1n) is 7.92. The number of rotatable bonds is 8. The van der Waals surface area contributed by atoms with Crippen LogP contribution < -0.4 is 14.8 Å². The molecule has 0 radical (unpaired) electrons. The zero-order valence-corrected chi connectivity index (χ0v) is 14.9. The minimum atomic E-state index is -3.75. The van der Waals surface area contributed by atoms with Gasteiger partial charge in [0.2, 0.25) is 0 Å². The Bertz CT molecular complexity index is 924. The van der Waals surface area contributed by atoms with E-state index in [9.17, 15) is 8.42 Å². The lowest BCUT2D eigenvalue weighted by Gasteiger charge is -2.09. The predicted octanol–water partition coefficient (Wildman–Crippen LogP) is 2.88. The van der Waals surface area contributed by atoms with E-state index in [1.807, 2.05) is 13.0 Å². The van der Waals surface area contributed by atoms with Crippen LogP contribution in [0.3, 0.4) is 0 Å². The molecule has 0 aliphatic rings. The Morgan fingerprint density at radius 1 is 1.04 bits per heavy atom. The van der Waals surface area contributed by atoms with Gasteiger partial charge in [0, 0.05) is 0 Å². The molecule has 0 bridgehead atoms. The molecule has 26 heavy (non-hydrogen) atoms. The van der Waals surface area contributed by atoms with Gasteiger partial charge in [0.15, 0.2) is 5.82 Å². The Balaban J connectivity index is 1.63. The van der Waals surface area contributed by atoms with Crippen LogP contribution in [0.25, 0.3) is 0 Å². The largest absolute Gasteiger partial charge is 0.494 e. The third-order valence-electron chi connectivity index (χ3n) is 3.37. The summed E-state index contributed by atoms with van der Waals surface area (Å²) in [6, 6.07) is 12.9. The molecule has 0 aliphatic carbocycles. The molecule has 3 aromatic rings. The quantitative estimate of drug-likeness (QED) is 0.624. The van der Waals surface area contributed by atoms with E-state index >= 15 is 0 Å². The summed E-state index contributed by atoms with van der Waals surface area (Å²) in [6.07, 6.45) is 1.58. The Morgan fingerprint density at radius 2 is 1.77 bits per heavy atom. The van der Waals surface area contributed by atoms with E-state index in [1.165, 1.54) is 18.2 Å². The lowest BCUT2D eigenvalue weighted by molar-refractivity contribution is 0.340. The zero-order valence-electron chi connectivity index (χ0n) is 14.0. The highest BCUT2D eigenvalue weighted by Gasteiger charge is 2.15. The highest BCUT2D eigenvalue weighted by molar-refractivity contribution is 7.92. The number of hydrogen-bond donors (Lipinski definition) is 2. The van der Waals surface area contributed by atoms with Gasteiger partial charge in [-0.2, -0.15) is 0 Å². The van der Waals surface area contributed by atoms with Crippen LogP contribution in [-0.2, 0) is 16.6 Å². The number of benzene rings is 1. The van der Waals surface area contributed by atoms with Gasteiger partial charge in [0.05, 0.1) is 24.3 Å². The summed E-state index contributed by atoms with van der Waals surface area (Å²) in [4.78, 5) is 0.114. The highest BCUT2D eigenvalue weighted by atomic mass is 32.2. The van der Waals surface area contributed by atoms with Gasteiger partial charge in [-0.3, -0.25) is 4.72 Å². The second kappa shape index (κ2) is 7.87. The van der Waals surface area contributed by atoms with Gasteiger partial charge < -0.3 is 14.5 Å². The van der Waals surface area contributed by atoms with Crippen molar-refractivity contribution in [3.05, 3.63) is 60.6 Å². The van der Waals surface area contributed by atoms with Crippen LogP contribution in [-0.4, -0.2) is 25.2 Å². The first-order valence-corrected chi connectivity index (χ1v) is 9.41. The van der Waals surface area contributed by atoms with E-state index in [0.717, 1.165) is 5.76 Å². The normalized spacial score (nSPS) is 11.1. The second-order valence-electron chi connectivity index (χ2n) is 5.25. The first-order chi connectivity index (χ1) is 12.6. The average Bonchev–Trinajstić information content (AvgIpc) is 3.15. The Morgan fingerprint density at radius 3 is 2.38 bits per heavy atom. The van der Waals surface area contributed by atoms with Crippen molar-refractivity contribution in [3.63, 3.8) is 0 Å². The molecular weight excluding hydrogens is 356 g/mol. The number of aromatic nitrogens is 2. The van der Waals surface area contributed by atoms with Gasteiger partial charge in [-0.05, 0) is 55.5 Å².